The molecule has 0 fully saturated rings. The number of aromatic nitrogens is 2. The Labute approximate surface area is 81.3 Å². The molecule has 0 aromatic carbocycles. The van der Waals surface area contributed by atoms with Crippen molar-refractivity contribution >= 4 is 17.7 Å². The summed E-state index contributed by atoms with van der Waals surface area (Å²) in [5.74, 6) is -0.306. The van der Waals surface area contributed by atoms with Gasteiger partial charge in [0.25, 0.3) is 0 Å². The van der Waals surface area contributed by atoms with Gasteiger partial charge in [0.1, 0.15) is 10.6 Å². The van der Waals surface area contributed by atoms with E-state index < -0.39 is 0 Å². The first-order valence-corrected chi connectivity index (χ1v) is 5.16. The molecule has 0 unspecified atom stereocenters. The second-order valence-corrected chi connectivity index (χ2v) is 3.24. The summed E-state index contributed by atoms with van der Waals surface area (Å²) in [5, 5.41) is 4.82. The summed E-state index contributed by atoms with van der Waals surface area (Å²) >= 11 is 1.44. The summed E-state index contributed by atoms with van der Waals surface area (Å²) < 4.78 is 6.49. The Kier molecular flexibility index (Phi) is 3.36. The highest BCUT2D eigenvalue weighted by Gasteiger charge is 2.15. The number of nitrogens with zero attached hydrogens (tertiary/aromatic N) is 2. The molecule has 0 bridgehead atoms. The van der Waals surface area contributed by atoms with Crippen LogP contribution in [-0.4, -0.2) is 28.6 Å². The fraction of sp³-hybridized carbons (Fsp3) is 0.500. The number of hydrogen-bond donors (Lipinski definition) is 0. The second-order valence-electron chi connectivity index (χ2n) is 2.45. The molecule has 1 rings (SSSR count). The SMILES string of the molecule is CCOC(=O)c1cn(C)nc1SC. The molecule has 1 heterocycles. The highest BCUT2D eigenvalue weighted by Crippen LogP contribution is 2.18. The fourth-order valence-electron chi connectivity index (χ4n) is 0.968. The minimum absolute atomic E-state index is 0.306. The predicted molar refractivity (Wildman–Crippen MR) is 50.9 cm³/mol. The van der Waals surface area contributed by atoms with Crippen molar-refractivity contribution < 1.29 is 9.53 Å². The zero-order chi connectivity index (χ0) is 9.84. The average molecular weight is 200 g/mol. The van der Waals surface area contributed by atoms with E-state index in [4.69, 9.17) is 4.74 Å². The molecular weight excluding hydrogens is 188 g/mol. The molecule has 0 saturated heterocycles. The van der Waals surface area contributed by atoms with E-state index in [-0.39, 0.29) is 5.97 Å². The van der Waals surface area contributed by atoms with Gasteiger partial charge in [-0.2, -0.15) is 5.10 Å². The molecule has 0 amide bonds. The topological polar surface area (TPSA) is 44.1 Å². The highest BCUT2D eigenvalue weighted by atomic mass is 32.2. The van der Waals surface area contributed by atoms with Crippen LogP contribution in [0.4, 0.5) is 0 Å². The number of aryl methyl sites for hydroxylation is 1. The number of carbonyl (C=O) groups excluding carboxylic acids is 1. The Bertz CT molecular complexity index is 309. The predicted octanol–water partition coefficient (Wildman–Crippen LogP) is 1.32. The molecular formula is C8H12N2O2S. The number of hydrogen-bond acceptors (Lipinski definition) is 4. The first kappa shape index (κ1) is 10.1. The summed E-state index contributed by atoms with van der Waals surface area (Å²) in [5.41, 5.74) is 0.539. The Hall–Kier alpha value is -0.970. The van der Waals surface area contributed by atoms with Crippen molar-refractivity contribution in [3.63, 3.8) is 0 Å². The van der Waals surface area contributed by atoms with Crippen molar-refractivity contribution in [1.29, 1.82) is 0 Å². The molecule has 1 aromatic heterocycles. The number of esters is 1. The van der Waals surface area contributed by atoms with Gasteiger partial charge < -0.3 is 4.74 Å². The van der Waals surface area contributed by atoms with Crippen LogP contribution < -0.4 is 0 Å². The molecule has 5 heteroatoms. The quantitative estimate of drug-likeness (QED) is 0.545. The fourth-order valence-corrected chi connectivity index (χ4v) is 1.53. The smallest absolute Gasteiger partial charge is 0.342 e. The first-order chi connectivity index (χ1) is 6.19. The van der Waals surface area contributed by atoms with Crippen LogP contribution in [0.5, 0.6) is 0 Å². The van der Waals surface area contributed by atoms with E-state index in [1.165, 1.54) is 11.8 Å². The van der Waals surface area contributed by atoms with Gasteiger partial charge in [-0.1, -0.05) is 0 Å². The molecule has 0 saturated carbocycles. The average Bonchev–Trinajstić information content (AvgIpc) is 2.47. The first-order valence-electron chi connectivity index (χ1n) is 3.93. The molecule has 13 heavy (non-hydrogen) atoms. The van der Waals surface area contributed by atoms with Crippen LogP contribution in [0.2, 0.25) is 0 Å². The molecule has 0 aliphatic carbocycles. The second kappa shape index (κ2) is 4.32. The van der Waals surface area contributed by atoms with Gasteiger partial charge in [0.2, 0.25) is 0 Å². The minimum atomic E-state index is -0.306. The van der Waals surface area contributed by atoms with Crippen LogP contribution >= 0.6 is 11.8 Å². The van der Waals surface area contributed by atoms with Crippen LogP contribution in [0, 0.1) is 0 Å². The van der Waals surface area contributed by atoms with Crippen LogP contribution in [0.1, 0.15) is 17.3 Å². The lowest BCUT2D eigenvalue weighted by Crippen LogP contribution is -2.04. The van der Waals surface area contributed by atoms with E-state index in [0.717, 1.165) is 0 Å². The zero-order valence-electron chi connectivity index (χ0n) is 7.90. The molecule has 0 aliphatic heterocycles. The molecule has 1 aromatic rings. The van der Waals surface area contributed by atoms with Crippen LogP contribution in [0.25, 0.3) is 0 Å². The summed E-state index contributed by atoms with van der Waals surface area (Å²) in [6, 6.07) is 0. The van der Waals surface area contributed by atoms with E-state index in [2.05, 4.69) is 5.10 Å². The molecule has 0 radical (unpaired) electrons. The third-order valence-electron chi connectivity index (χ3n) is 1.48. The lowest BCUT2D eigenvalue weighted by atomic mass is 10.4. The Morgan fingerprint density at radius 2 is 2.46 bits per heavy atom. The van der Waals surface area contributed by atoms with Crippen molar-refractivity contribution in [2.24, 2.45) is 7.05 Å². The lowest BCUT2D eigenvalue weighted by molar-refractivity contribution is 0.0522. The van der Waals surface area contributed by atoms with Crippen molar-refractivity contribution in [3.05, 3.63) is 11.8 Å². The largest absolute Gasteiger partial charge is 0.462 e. The molecule has 72 valence electrons. The van der Waals surface area contributed by atoms with Crippen LogP contribution in [-0.2, 0) is 11.8 Å². The maximum absolute atomic E-state index is 11.3. The minimum Gasteiger partial charge on any atom is -0.462 e. The van der Waals surface area contributed by atoms with Gasteiger partial charge in [-0.05, 0) is 13.2 Å². The molecule has 0 aliphatic rings. The van der Waals surface area contributed by atoms with Crippen LogP contribution in [0.15, 0.2) is 11.2 Å². The lowest BCUT2D eigenvalue weighted by Gasteiger charge is -1.98. The van der Waals surface area contributed by atoms with Gasteiger partial charge in [-0.3, -0.25) is 4.68 Å². The van der Waals surface area contributed by atoms with E-state index in [9.17, 15) is 4.79 Å². The normalized spacial score (nSPS) is 10.1. The van der Waals surface area contributed by atoms with Crippen LogP contribution in [0.3, 0.4) is 0 Å². The van der Waals surface area contributed by atoms with Crippen molar-refractivity contribution in [1.82, 2.24) is 9.78 Å². The highest BCUT2D eigenvalue weighted by molar-refractivity contribution is 7.98. The molecule has 0 N–H and O–H groups in total. The maximum atomic E-state index is 11.3. The third kappa shape index (κ3) is 2.24. The summed E-state index contributed by atoms with van der Waals surface area (Å²) in [6.07, 6.45) is 3.55. The molecule has 0 spiro atoms. The molecule has 4 nitrogen and oxygen atoms in total. The summed E-state index contributed by atoms with van der Waals surface area (Å²) in [6.45, 7) is 2.18. The van der Waals surface area contributed by atoms with Gasteiger partial charge in [0.05, 0.1) is 6.61 Å². The van der Waals surface area contributed by atoms with Crippen molar-refractivity contribution in [2.75, 3.05) is 12.9 Å². The number of rotatable bonds is 3. The standard InChI is InChI=1S/C8H12N2O2S/c1-4-12-8(11)6-5-10(2)9-7(6)13-3/h5H,4H2,1-3H3. The number of ether oxygens (including phenoxy) is 1. The molecule has 0 atom stereocenters. The Morgan fingerprint density at radius 3 is 3.00 bits per heavy atom. The number of carbonyl (C=O) groups is 1. The third-order valence-corrected chi connectivity index (χ3v) is 2.17. The summed E-state index contributed by atoms with van der Waals surface area (Å²) in [7, 11) is 1.78. The van der Waals surface area contributed by atoms with E-state index in [0.29, 0.717) is 17.2 Å². The van der Waals surface area contributed by atoms with Gasteiger partial charge >= 0.3 is 5.97 Å². The van der Waals surface area contributed by atoms with Crippen molar-refractivity contribution in [2.45, 2.75) is 11.9 Å². The maximum Gasteiger partial charge on any atom is 0.342 e. The van der Waals surface area contributed by atoms with E-state index in [1.54, 1.807) is 24.9 Å². The van der Waals surface area contributed by atoms with Gasteiger partial charge in [0, 0.05) is 13.2 Å². The Balaban J connectivity index is 2.91. The van der Waals surface area contributed by atoms with E-state index >= 15 is 0 Å². The van der Waals surface area contributed by atoms with Gasteiger partial charge in [-0.15, -0.1) is 11.8 Å². The Morgan fingerprint density at radius 1 is 1.77 bits per heavy atom. The van der Waals surface area contributed by atoms with Gasteiger partial charge in [0.15, 0.2) is 0 Å². The van der Waals surface area contributed by atoms with E-state index in [1.807, 2.05) is 6.26 Å². The van der Waals surface area contributed by atoms with Crippen molar-refractivity contribution in [3.8, 4) is 0 Å². The zero-order valence-corrected chi connectivity index (χ0v) is 8.72. The number of thioether (sulfide) groups is 1. The summed E-state index contributed by atoms with van der Waals surface area (Å²) in [4.78, 5) is 11.3. The van der Waals surface area contributed by atoms with Gasteiger partial charge in [-0.25, -0.2) is 4.79 Å². The monoisotopic (exact) mass is 200 g/mol.